The normalized spacial score (nSPS) is 11.8. The zero-order valence-electron chi connectivity index (χ0n) is 20.4. The Kier molecular flexibility index (Phi) is 5.25. The lowest BCUT2D eigenvalue weighted by Gasteiger charge is -2.19. The summed E-state index contributed by atoms with van der Waals surface area (Å²) in [6.07, 6.45) is 3.00. The minimum absolute atomic E-state index is 0.257. The van der Waals surface area contributed by atoms with Crippen LogP contribution < -0.4 is 0 Å². The van der Waals surface area contributed by atoms with Gasteiger partial charge in [-0.1, -0.05) is 51.1 Å². The molecule has 0 unspecified atom stereocenters. The molecule has 0 amide bonds. The van der Waals surface area contributed by atoms with Gasteiger partial charge in [0.2, 0.25) is 0 Å². The maximum Gasteiger partial charge on any atom is 0.144 e. The molecule has 0 saturated carbocycles. The molecule has 5 rings (SSSR count). The zero-order chi connectivity index (χ0) is 24.0. The van der Waals surface area contributed by atoms with E-state index in [4.69, 9.17) is 9.40 Å². The van der Waals surface area contributed by atoms with E-state index in [1.165, 1.54) is 22.3 Å². The third-order valence-electron chi connectivity index (χ3n) is 6.32. The van der Waals surface area contributed by atoms with Crippen molar-refractivity contribution in [1.29, 1.82) is 5.26 Å². The lowest BCUT2D eigenvalue weighted by molar-refractivity contribution is 0.411. The number of rotatable bonds is 3. The summed E-state index contributed by atoms with van der Waals surface area (Å²) in [5.41, 5.74) is 10.4. The van der Waals surface area contributed by atoms with Crippen LogP contribution in [0.3, 0.4) is 0 Å². The van der Waals surface area contributed by atoms with E-state index in [0.717, 1.165) is 45.2 Å². The minimum Gasteiger partial charge on any atom is -0.455 e. The second-order valence-corrected chi connectivity index (χ2v) is 10.4. The van der Waals surface area contributed by atoms with Gasteiger partial charge in [0.25, 0.3) is 0 Å². The Morgan fingerprint density at radius 2 is 1.68 bits per heavy atom. The predicted molar refractivity (Wildman–Crippen MR) is 140 cm³/mol. The van der Waals surface area contributed by atoms with Crippen molar-refractivity contribution in [3.05, 3.63) is 89.1 Å². The van der Waals surface area contributed by atoms with Gasteiger partial charge in [0.15, 0.2) is 0 Å². The third kappa shape index (κ3) is 3.97. The van der Waals surface area contributed by atoms with Gasteiger partial charge in [-0.15, -0.1) is 0 Å². The summed E-state index contributed by atoms with van der Waals surface area (Å²) in [4.78, 5) is 4.77. The molecule has 0 N–H and O–H groups in total. The molecule has 0 fully saturated rings. The maximum absolute atomic E-state index is 9.26. The minimum atomic E-state index is 0.257. The van der Waals surface area contributed by atoms with Crippen molar-refractivity contribution in [1.82, 2.24) is 4.98 Å². The standard InChI is InChI=1S/C31H28N2O/c1-19-13-21(16-31(3,4)5)9-11-23(19)27-15-28(33-18-20(27)2)26-8-6-7-25-24-12-10-22(17-32)14-29(24)34-30(25)26/h6-15,18H,16H2,1-5H3. The topological polar surface area (TPSA) is 49.8 Å². The molecule has 0 saturated heterocycles. The molecule has 0 aliphatic carbocycles. The van der Waals surface area contributed by atoms with E-state index >= 15 is 0 Å². The molecule has 0 aliphatic rings. The van der Waals surface area contributed by atoms with E-state index in [-0.39, 0.29) is 5.41 Å². The van der Waals surface area contributed by atoms with Gasteiger partial charge in [0, 0.05) is 22.5 Å². The summed E-state index contributed by atoms with van der Waals surface area (Å²) in [6, 6.07) is 22.9. The Hall–Kier alpha value is -3.90. The summed E-state index contributed by atoms with van der Waals surface area (Å²) in [5, 5.41) is 11.3. The number of furan rings is 1. The number of aromatic nitrogens is 1. The van der Waals surface area contributed by atoms with Crippen molar-refractivity contribution in [2.75, 3.05) is 0 Å². The Labute approximate surface area is 200 Å². The second-order valence-electron chi connectivity index (χ2n) is 10.4. The highest BCUT2D eigenvalue weighted by Gasteiger charge is 2.16. The predicted octanol–water partition coefficient (Wildman–Crippen LogP) is 8.39. The van der Waals surface area contributed by atoms with E-state index in [1.807, 2.05) is 24.4 Å². The number of nitrogens with zero attached hydrogens (tertiary/aromatic N) is 2. The SMILES string of the molecule is Cc1cc(CC(C)(C)C)ccc1-c1cc(-c2cccc3c2oc2cc(C#N)ccc23)ncc1C. The van der Waals surface area contributed by atoms with Crippen LogP contribution in [0, 0.1) is 30.6 Å². The van der Waals surface area contributed by atoms with Crippen LogP contribution in [0.5, 0.6) is 0 Å². The molecule has 3 aromatic carbocycles. The summed E-state index contributed by atoms with van der Waals surface area (Å²) >= 11 is 0. The second kappa shape index (κ2) is 8.15. The van der Waals surface area contributed by atoms with Crippen LogP contribution in [0.4, 0.5) is 0 Å². The number of hydrogen-bond donors (Lipinski definition) is 0. The third-order valence-corrected chi connectivity index (χ3v) is 6.32. The van der Waals surface area contributed by atoms with Crippen molar-refractivity contribution < 1.29 is 4.42 Å². The molecular formula is C31H28N2O. The lowest BCUT2D eigenvalue weighted by Crippen LogP contribution is -2.09. The van der Waals surface area contributed by atoms with Gasteiger partial charge < -0.3 is 4.42 Å². The fraction of sp³-hybridized carbons (Fsp3) is 0.226. The molecule has 5 aromatic rings. The van der Waals surface area contributed by atoms with Crippen LogP contribution >= 0.6 is 0 Å². The molecule has 0 radical (unpaired) electrons. The zero-order valence-corrected chi connectivity index (χ0v) is 20.4. The monoisotopic (exact) mass is 444 g/mol. The highest BCUT2D eigenvalue weighted by Crippen LogP contribution is 2.37. The smallest absolute Gasteiger partial charge is 0.144 e. The number of benzene rings is 3. The number of aryl methyl sites for hydroxylation is 2. The Bertz CT molecular complexity index is 1590. The number of pyridine rings is 1. The van der Waals surface area contributed by atoms with Gasteiger partial charge in [-0.05, 0) is 83.8 Å². The maximum atomic E-state index is 9.26. The average molecular weight is 445 g/mol. The molecular weight excluding hydrogens is 416 g/mol. The number of nitriles is 1. The molecule has 3 heteroatoms. The molecule has 2 aromatic heterocycles. The quantitative estimate of drug-likeness (QED) is 0.281. The van der Waals surface area contributed by atoms with E-state index in [2.05, 4.69) is 77.1 Å². The van der Waals surface area contributed by atoms with Crippen LogP contribution in [0.25, 0.3) is 44.3 Å². The van der Waals surface area contributed by atoms with E-state index in [1.54, 1.807) is 6.07 Å². The van der Waals surface area contributed by atoms with Crippen LogP contribution in [0.1, 0.15) is 43.0 Å². The molecule has 0 aliphatic heterocycles. The first kappa shape index (κ1) is 21.9. The Morgan fingerprint density at radius 1 is 0.853 bits per heavy atom. The lowest BCUT2D eigenvalue weighted by atomic mass is 9.86. The van der Waals surface area contributed by atoms with Crippen molar-refractivity contribution in [3.8, 4) is 28.5 Å². The molecule has 34 heavy (non-hydrogen) atoms. The number of fused-ring (bicyclic) bond motifs is 3. The van der Waals surface area contributed by atoms with Crippen LogP contribution in [-0.4, -0.2) is 4.98 Å². The molecule has 168 valence electrons. The van der Waals surface area contributed by atoms with Crippen molar-refractivity contribution in [2.24, 2.45) is 5.41 Å². The highest BCUT2D eigenvalue weighted by atomic mass is 16.3. The molecule has 3 nitrogen and oxygen atoms in total. The van der Waals surface area contributed by atoms with Gasteiger partial charge in [0.05, 0.1) is 17.3 Å². The van der Waals surface area contributed by atoms with Gasteiger partial charge >= 0.3 is 0 Å². The summed E-state index contributed by atoms with van der Waals surface area (Å²) in [7, 11) is 0. The van der Waals surface area contributed by atoms with Gasteiger partial charge in [-0.25, -0.2) is 0 Å². The van der Waals surface area contributed by atoms with E-state index in [0.29, 0.717) is 5.56 Å². The van der Waals surface area contributed by atoms with Crippen LogP contribution in [0.2, 0.25) is 0 Å². The first-order chi connectivity index (χ1) is 16.2. The Morgan fingerprint density at radius 3 is 2.41 bits per heavy atom. The molecule has 0 atom stereocenters. The summed E-state index contributed by atoms with van der Waals surface area (Å²) in [6.45, 7) is 11.1. The number of hydrogen-bond acceptors (Lipinski definition) is 3. The highest BCUT2D eigenvalue weighted by molar-refractivity contribution is 6.09. The van der Waals surface area contributed by atoms with Gasteiger partial charge in [-0.2, -0.15) is 5.26 Å². The van der Waals surface area contributed by atoms with E-state index in [9.17, 15) is 5.26 Å². The molecule has 0 bridgehead atoms. The fourth-order valence-corrected chi connectivity index (χ4v) is 4.78. The molecule has 2 heterocycles. The Balaban J connectivity index is 1.63. The largest absolute Gasteiger partial charge is 0.455 e. The first-order valence-corrected chi connectivity index (χ1v) is 11.7. The van der Waals surface area contributed by atoms with Gasteiger partial charge in [-0.3, -0.25) is 4.98 Å². The van der Waals surface area contributed by atoms with E-state index < -0.39 is 0 Å². The molecule has 0 spiro atoms. The fourth-order valence-electron chi connectivity index (χ4n) is 4.78. The summed E-state index contributed by atoms with van der Waals surface area (Å²) < 4.78 is 6.25. The average Bonchev–Trinajstić information content (AvgIpc) is 3.17. The van der Waals surface area contributed by atoms with Crippen LogP contribution in [0.15, 0.2) is 71.3 Å². The van der Waals surface area contributed by atoms with Crippen LogP contribution in [-0.2, 0) is 6.42 Å². The van der Waals surface area contributed by atoms with Crippen molar-refractivity contribution in [3.63, 3.8) is 0 Å². The van der Waals surface area contributed by atoms with Crippen molar-refractivity contribution in [2.45, 2.75) is 41.0 Å². The van der Waals surface area contributed by atoms with Gasteiger partial charge in [0.1, 0.15) is 11.2 Å². The number of para-hydroxylation sites is 1. The summed E-state index contributed by atoms with van der Waals surface area (Å²) in [5.74, 6) is 0. The first-order valence-electron chi connectivity index (χ1n) is 11.7. The van der Waals surface area contributed by atoms with Crippen molar-refractivity contribution >= 4 is 21.9 Å².